The minimum atomic E-state index is -1.21. The van der Waals surface area contributed by atoms with Crippen molar-refractivity contribution in [2.24, 2.45) is 0 Å². The van der Waals surface area contributed by atoms with E-state index in [1.807, 2.05) is 57.2 Å². The summed E-state index contributed by atoms with van der Waals surface area (Å²) in [5, 5.41) is 14.6. The fraction of sp³-hybridized carbons (Fsp3) is 0.444. The molecule has 8 nitrogen and oxygen atoms in total. The fourth-order valence-corrected chi connectivity index (χ4v) is 4.41. The van der Waals surface area contributed by atoms with Crippen LogP contribution in [0.5, 0.6) is 0 Å². The molecule has 0 saturated carbocycles. The van der Waals surface area contributed by atoms with Crippen molar-refractivity contribution in [2.75, 3.05) is 6.61 Å². The van der Waals surface area contributed by atoms with Crippen LogP contribution < -0.4 is 10.6 Å². The zero-order valence-corrected chi connectivity index (χ0v) is 20.8. The molecule has 3 atom stereocenters. The Bertz CT molecular complexity index is 1030. The molecule has 0 spiro atoms. The van der Waals surface area contributed by atoms with Gasteiger partial charge in [-0.15, -0.1) is 0 Å². The van der Waals surface area contributed by atoms with Crippen molar-refractivity contribution in [1.29, 1.82) is 0 Å². The molecule has 1 unspecified atom stereocenters. The van der Waals surface area contributed by atoms with E-state index in [1.165, 1.54) is 0 Å². The lowest BCUT2D eigenvalue weighted by molar-refractivity contribution is -0.150. The second-order valence-electron chi connectivity index (χ2n) is 9.89. The highest BCUT2D eigenvalue weighted by Crippen LogP contribution is 2.44. The maximum absolute atomic E-state index is 12.4. The number of hydrogen-bond donors (Lipinski definition) is 3. The first kappa shape index (κ1) is 26.2. The second kappa shape index (κ2) is 10.9. The third kappa shape index (κ3) is 6.82. The molecule has 35 heavy (non-hydrogen) atoms. The van der Waals surface area contributed by atoms with Gasteiger partial charge in [-0.3, -0.25) is 4.79 Å². The van der Waals surface area contributed by atoms with E-state index in [4.69, 9.17) is 9.47 Å². The van der Waals surface area contributed by atoms with Crippen molar-refractivity contribution in [3.05, 3.63) is 59.7 Å². The predicted octanol–water partition coefficient (Wildman–Crippen LogP) is 4.08. The molecule has 0 aliphatic heterocycles. The van der Waals surface area contributed by atoms with Crippen LogP contribution in [0.1, 0.15) is 58.1 Å². The maximum atomic E-state index is 12.4. The Morgan fingerprint density at radius 3 is 2.00 bits per heavy atom. The maximum Gasteiger partial charge on any atom is 0.407 e. The Labute approximate surface area is 206 Å². The van der Waals surface area contributed by atoms with Gasteiger partial charge in [0.05, 0.1) is 11.7 Å². The van der Waals surface area contributed by atoms with Gasteiger partial charge in [0.2, 0.25) is 5.91 Å². The molecular weight excluding hydrogens is 448 g/mol. The van der Waals surface area contributed by atoms with E-state index in [-0.39, 0.29) is 18.9 Å². The number of benzene rings is 2. The molecular formula is C27H34N2O6. The molecule has 0 aromatic heterocycles. The number of alkyl carbamates (subject to hydrolysis) is 1. The Kier molecular flexibility index (Phi) is 8.17. The molecule has 0 fully saturated rings. The van der Waals surface area contributed by atoms with E-state index in [0.717, 1.165) is 22.3 Å². The highest BCUT2D eigenvalue weighted by atomic mass is 16.5. The van der Waals surface area contributed by atoms with Crippen LogP contribution in [0.3, 0.4) is 0 Å². The molecule has 0 radical (unpaired) electrons. The molecule has 2 amide bonds. The summed E-state index contributed by atoms with van der Waals surface area (Å²) in [5.74, 6) is -1.76. The van der Waals surface area contributed by atoms with Gasteiger partial charge in [-0.1, -0.05) is 48.5 Å². The number of ether oxygens (including phenoxy) is 2. The quantitative estimate of drug-likeness (QED) is 0.496. The van der Waals surface area contributed by atoms with E-state index in [9.17, 15) is 19.5 Å². The molecule has 188 valence electrons. The van der Waals surface area contributed by atoms with Gasteiger partial charge in [-0.25, -0.2) is 9.59 Å². The second-order valence-corrected chi connectivity index (χ2v) is 9.89. The van der Waals surface area contributed by atoms with Crippen molar-refractivity contribution in [1.82, 2.24) is 10.6 Å². The van der Waals surface area contributed by atoms with E-state index >= 15 is 0 Å². The van der Waals surface area contributed by atoms with E-state index in [1.54, 1.807) is 13.8 Å². The number of nitrogens with one attached hydrogen (secondary N) is 2. The number of amides is 2. The zero-order chi connectivity index (χ0) is 25.8. The third-order valence-corrected chi connectivity index (χ3v) is 5.79. The van der Waals surface area contributed by atoms with Crippen LogP contribution >= 0.6 is 0 Å². The first-order valence-corrected chi connectivity index (χ1v) is 11.8. The van der Waals surface area contributed by atoms with Crippen molar-refractivity contribution in [3.8, 4) is 11.1 Å². The van der Waals surface area contributed by atoms with Crippen LogP contribution in [-0.4, -0.2) is 53.5 Å². The molecule has 1 aliphatic rings. The zero-order valence-electron chi connectivity index (χ0n) is 20.8. The number of carboxylic acid groups (broad SMARTS) is 1. The number of hydrogen-bond acceptors (Lipinski definition) is 5. The average Bonchev–Trinajstić information content (AvgIpc) is 3.08. The van der Waals surface area contributed by atoms with Crippen LogP contribution in [0.4, 0.5) is 4.79 Å². The molecule has 8 heteroatoms. The number of carbonyl (C=O) groups is 3. The molecule has 3 N–H and O–H groups in total. The fourth-order valence-electron chi connectivity index (χ4n) is 4.41. The average molecular weight is 483 g/mol. The van der Waals surface area contributed by atoms with Crippen LogP contribution in [-0.2, 0) is 19.1 Å². The number of carboxylic acids is 1. The minimum absolute atomic E-state index is 0.0626. The van der Waals surface area contributed by atoms with Crippen molar-refractivity contribution in [2.45, 2.75) is 70.7 Å². The normalized spacial score (nSPS) is 15.3. The van der Waals surface area contributed by atoms with Gasteiger partial charge in [-0.05, 0) is 56.9 Å². The molecule has 3 rings (SSSR count). The summed E-state index contributed by atoms with van der Waals surface area (Å²) < 4.78 is 11.2. The van der Waals surface area contributed by atoms with E-state index < -0.39 is 41.8 Å². The molecule has 2 aromatic rings. The lowest BCUT2D eigenvalue weighted by Gasteiger charge is -2.29. The topological polar surface area (TPSA) is 114 Å². The van der Waals surface area contributed by atoms with Crippen molar-refractivity contribution < 1.29 is 29.0 Å². The van der Waals surface area contributed by atoms with Gasteiger partial charge < -0.3 is 25.2 Å². The van der Waals surface area contributed by atoms with Gasteiger partial charge in [0.15, 0.2) is 6.04 Å². The Morgan fingerprint density at radius 1 is 0.943 bits per heavy atom. The predicted molar refractivity (Wildman–Crippen MR) is 132 cm³/mol. The summed E-state index contributed by atoms with van der Waals surface area (Å²) in [5.41, 5.74) is 3.94. The number of carbonyl (C=O) groups excluding carboxylic acids is 2. The molecule has 1 aliphatic carbocycles. The lowest BCUT2D eigenvalue weighted by Crippen LogP contribution is -2.51. The SMILES string of the molecule is CC(CC(=O)N[C@H](C(=O)O)[C@@H](C)OC(C)(C)C)NC(=O)OCC1c2ccccc2-c2ccccc21. The lowest BCUT2D eigenvalue weighted by atomic mass is 9.98. The van der Waals surface area contributed by atoms with Crippen molar-refractivity contribution >= 4 is 18.0 Å². The van der Waals surface area contributed by atoms with Gasteiger partial charge >= 0.3 is 12.1 Å². The third-order valence-electron chi connectivity index (χ3n) is 5.79. The molecule has 0 bridgehead atoms. The summed E-state index contributed by atoms with van der Waals surface area (Å²) in [6.45, 7) is 8.86. The van der Waals surface area contributed by atoms with Gasteiger partial charge in [-0.2, -0.15) is 0 Å². The van der Waals surface area contributed by atoms with Crippen molar-refractivity contribution in [3.63, 3.8) is 0 Å². The summed E-state index contributed by atoms with van der Waals surface area (Å²) in [4.78, 5) is 36.5. The summed E-state index contributed by atoms with van der Waals surface area (Å²) in [6.07, 6.45) is -1.47. The largest absolute Gasteiger partial charge is 0.480 e. The highest BCUT2D eigenvalue weighted by Gasteiger charge is 2.31. The number of rotatable bonds is 9. The summed E-state index contributed by atoms with van der Waals surface area (Å²) >= 11 is 0. The first-order valence-electron chi connectivity index (χ1n) is 11.8. The van der Waals surface area contributed by atoms with Crippen LogP contribution in [0, 0.1) is 0 Å². The number of aliphatic carboxylic acids is 1. The van der Waals surface area contributed by atoms with Crippen LogP contribution in [0.25, 0.3) is 11.1 Å². The van der Waals surface area contributed by atoms with Gasteiger partial charge in [0.25, 0.3) is 0 Å². The number of fused-ring (bicyclic) bond motifs is 3. The summed E-state index contributed by atoms with van der Waals surface area (Å²) in [7, 11) is 0. The first-order chi connectivity index (χ1) is 16.5. The Balaban J connectivity index is 1.52. The molecule has 0 heterocycles. The standard InChI is InChI=1S/C27H34N2O6/c1-16(14-23(30)29-24(25(31)32)17(2)35-27(3,4)5)28-26(33)34-15-22-20-12-8-6-10-18(20)19-11-7-9-13-21(19)22/h6-13,16-17,22,24H,14-15H2,1-5H3,(H,28,33)(H,29,30)(H,31,32)/t16?,17-,24+/m1/s1. The van der Waals surface area contributed by atoms with Crippen LogP contribution in [0.15, 0.2) is 48.5 Å². The van der Waals surface area contributed by atoms with Crippen LogP contribution in [0.2, 0.25) is 0 Å². The Hall–Kier alpha value is -3.39. The highest BCUT2D eigenvalue weighted by molar-refractivity contribution is 5.84. The minimum Gasteiger partial charge on any atom is -0.480 e. The molecule has 2 aromatic carbocycles. The monoisotopic (exact) mass is 482 g/mol. The summed E-state index contributed by atoms with van der Waals surface area (Å²) in [6, 6.07) is 14.4. The van der Waals surface area contributed by atoms with E-state index in [0.29, 0.717) is 0 Å². The van der Waals surface area contributed by atoms with E-state index in [2.05, 4.69) is 22.8 Å². The Morgan fingerprint density at radius 2 is 1.49 bits per heavy atom. The van der Waals surface area contributed by atoms with Gasteiger partial charge in [0, 0.05) is 18.4 Å². The van der Waals surface area contributed by atoms with Gasteiger partial charge in [0.1, 0.15) is 6.61 Å². The molecule has 0 saturated heterocycles. The smallest absolute Gasteiger partial charge is 0.407 e.